The molecule has 3 rings (SSSR count). The summed E-state index contributed by atoms with van der Waals surface area (Å²) >= 11 is 0.914. The molecular formula is C22H24N2O3S. The standard InChI is InChI=1S/C22H24N2O3S/c1-2-3-4-5-17-6-9-18(23-15-17)12-13-27-19-10-7-16(8-11-19)14-20-21(25)24-22(26)28-20/h6-11,14-15H,2-5,12-13H2,1H3,(H,24,25,26). The molecule has 1 aromatic carbocycles. The van der Waals surface area contributed by atoms with Crippen LogP contribution in [0.1, 0.15) is 43.0 Å². The van der Waals surface area contributed by atoms with E-state index in [9.17, 15) is 9.59 Å². The summed E-state index contributed by atoms with van der Waals surface area (Å²) in [6.07, 6.45) is 9.21. The third-order valence-corrected chi connectivity index (χ3v) is 5.21. The summed E-state index contributed by atoms with van der Waals surface area (Å²) in [5.41, 5.74) is 3.16. The van der Waals surface area contributed by atoms with Gasteiger partial charge in [0.05, 0.1) is 11.5 Å². The number of imide groups is 1. The molecule has 2 heterocycles. The van der Waals surface area contributed by atoms with Crippen molar-refractivity contribution in [3.05, 3.63) is 64.3 Å². The minimum atomic E-state index is -0.348. The van der Waals surface area contributed by atoms with Crippen LogP contribution < -0.4 is 10.1 Å². The number of amides is 2. The Morgan fingerprint density at radius 1 is 1.07 bits per heavy atom. The minimum Gasteiger partial charge on any atom is -0.493 e. The van der Waals surface area contributed by atoms with Crippen molar-refractivity contribution in [2.75, 3.05) is 6.61 Å². The first-order chi connectivity index (χ1) is 13.6. The lowest BCUT2D eigenvalue weighted by atomic mass is 10.1. The number of aryl methyl sites for hydroxylation is 1. The Labute approximate surface area is 169 Å². The van der Waals surface area contributed by atoms with Gasteiger partial charge in [-0.05, 0) is 60.0 Å². The number of nitrogens with one attached hydrogen (secondary N) is 1. The number of unbranched alkanes of at least 4 members (excludes halogenated alkanes) is 2. The van der Waals surface area contributed by atoms with Crippen LogP contribution in [0, 0.1) is 0 Å². The second kappa shape index (κ2) is 10.1. The molecule has 1 saturated heterocycles. The normalized spacial score (nSPS) is 15.1. The zero-order valence-corrected chi connectivity index (χ0v) is 16.8. The highest BCUT2D eigenvalue weighted by Crippen LogP contribution is 2.26. The van der Waals surface area contributed by atoms with Crippen LogP contribution in [-0.2, 0) is 17.6 Å². The summed E-state index contributed by atoms with van der Waals surface area (Å²) in [7, 11) is 0. The Bertz CT molecular complexity index is 845. The van der Waals surface area contributed by atoms with Crippen molar-refractivity contribution in [3.63, 3.8) is 0 Å². The second-order valence-corrected chi connectivity index (χ2v) is 7.65. The Hall–Kier alpha value is -2.60. The molecule has 5 nitrogen and oxygen atoms in total. The van der Waals surface area contributed by atoms with Crippen LogP contribution in [0.4, 0.5) is 4.79 Å². The smallest absolute Gasteiger partial charge is 0.290 e. The molecule has 6 heteroatoms. The second-order valence-electron chi connectivity index (χ2n) is 6.63. The Balaban J connectivity index is 1.45. The fourth-order valence-corrected chi connectivity index (χ4v) is 3.52. The number of aromatic nitrogens is 1. The molecule has 28 heavy (non-hydrogen) atoms. The van der Waals surface area contributed by atoms with E-state index < -0.39 is 0 Å². The molecule has 0 saturated carbocycles. The third kappa shape index (κ3) is 5.96. The molecular weight excluding hydrogens is 372 g/mol. The van der Waals surface area contributed by atoms with Crippen LogP contribution in [0.5, 0.6) is 5.75 Å². The number of hydrogen-bond acceptors (Lipinski definition) is 5. The van der Waals surface area contributed by atoms with Crippen molar-refractivity contribution in [2.45, 2.75) is 39.0 Å². The summed E-state index contributed by atoms with van der Waals surface area (Å²) in [5, 5.41) is 1.91. The molecule has 2 amide bonds. The lowest BCUT2D eigenvalue weighted by molar-refractivity contribution is -0.115. The van der Waals surface area contributed by atoms with E-state index in [0.29, 0.717) is 11.5 Å². The molecule has 0 spiro atoms. The van der Waals surface area contributed by atoms with E-state index in [1.165, 1.54) is 24.8 Å². The number of carbonyl (C=O) groups excluding carboxylic acids is 2. The highest BCUT2D eigenvalue weighted by atomic mass is 32.2. The molecule has 0 atom stereocenters. The van der Waals surface area contributed by atoms with E-state index >= 15 is 0 Å². The molecule has 0 unspecified atom stereocenters. The fraction of sp³-hybridized carbons (Fsp3) is 0.318. The average molecular weight is 397 g/mol. The zero-order valence-electron chi connectivity index (χ0n) is 15.9. The number of ether oxygens (including phenoxy) is 1. The maximum absolute atomic E-state index is 11.6. The summed E-state index contributed by atoms with van der Waals surface area (Å²) in [4.78, 5) is 27.7. The predicted octanol–water partition coefficient (Wildman–Crippen LogP) is 4.76. The first-order valence-electron chi connectivity index (χ1n) is 9.55. The van der Waals surface area contributed by atoms with Crippen LogP contribution in [-0.4, -0.2) is 22.7 Å². The van der Waals surface area contributed by atoms with Crippen LogP contribution in [0.25, 0.3) is 6.08 Å². The van der Waals surface area contributed by atoms with Crippen molar-refractivity contribution in [1.82, 2.24) is 10.3 Å². The van der Waals surface area contributed by atoms with Crippen LogP contribution in [0.2, 0.25) is 0 Å². The van der Waals surface area contributed by atoms with E-state index in [0.717, 1.165) is 41.6 Å². The Morgan fingerprint density at radius 2 is 1.89 bits per heavy atom. The van der Waals surface area contributed by atoms with Gasteiger partial charge in [0.25, 0.3) is 11.1 Å². The van der Waals surface area contributed by atoms with Gasteiger partial charge in [-0.25, -0.2) is 0 Å². The molecule has 1 N–H and O–H groups in total. The van der Waals surface area contributed by atoms with E-state index in [1.54, 1.807) is 6.08 Å². The lowest BCUT2D eigenvalue weighted by Gasteiger charge is -2.07. The molecule has 0 aliphatic carbocycles. The van der Waals surface area contributed by atoms with Gasteiger partial charge in [0, 0.05) is 18.3 Å². The van der Waals surface area contributed by atoms with E-state index in [-0.39, 0.29) is 11.1 Å². The fourth-order valence-electron chi connectivity index (χ4n) is 2.84. The monoisotopic (exact) mass is 396 g/mol. The predicted molar refractivity (Wildman–Crippen MR) is 112 cm³/mol. The molecule has 146 valence electrons. The SMILES string of the molecule is CCCCCc1ccc(CCOc2ccc(C=C3SC(=O)NC3=O)cc2)nc1. The van der Waals surface area contributed by atoms with Gasteiger partial charge in [0.2, 0.25) is 0 Å². The highest BCUT2D eigenvalue weighted by Gasteiger charge is 2.24. The van der Waals surface area contributed by atoms with Gasteiger partial charge in [-0.2, -0.15) is 0 Å². The average Bonchev–Trinajstić information content (AvgIpc) is 3.01. The highest BCUT2D eigenvalue weighted by molar-refractivity contribution is 8.18. The largest absolute Gasteiger partial charge is 0.493 e. The van der Waals surface area contributed by atoms with Crippen molar-refractivity contribution in [3.8, 4) is 5.75 Å². The van der Waals surface area contributed by atoms with Gasteiger partial charge in [-0.3, -0.25) is 19.9 Å². The number of pyridine rings is 1. The van der Waals surface area contributed by atoms with E-state index in [1.807, 2.05) is 30.5 Å². The van der Waals surface area contributed by atoms with Crippen molar-refractivity contribution in [1.29, 1.82) is 0 Å². The van der Waals surface area contributed by atoms with Crippen LogP contribution in [0.15, 0.2) is 47.5 Å². The number of rotatable bonds is 9. The minimum absolute atomic E-state index is 0.334. The first kappa shape index (κ1) is 20.1. The molecule has 2 aromatic rings. The van der Waals surface area contributed by atoms with Crippen LogP contribution >= 0.6 is 11.8 Å². The molecule has 1 fully saturated rings. The molecule has 1 aliphatic rings. The van der Waals surface area contributed by atoms with Gasteiger partial charge in [0.15, 0.2) is 0 Å². The third-order valence-electron chi connectivity index (χ3n) is 4.40. The van der Waals surface area contributed by atoms with E-state index in [2.05, 4.69) is 29.4 Å². The van der Waals surface area contributed by atoms with Gasteiger partial charge < -0.3 is 4.74 Å². The molecule has 0 bridgehead atoms. The van der Waals surface area contributed by atoms with Gasteiger partial charge in [-0.1, -0.05) is 38.0 Å². The van der Waals surface area contributed by atoms with Gasteiger partial charge in [-0.15, -0.1) is 0 Å². The summed E-state index contributed by atoms with van der Waals surface area (Å²) < 4.78 is 5.78. The number of carbonyl (C=O) groups is 2. The zero-order chi connectivity index (χ0) is 19.8. The maximum atomic E-state index is 11.6. The van der Waals surface area contributed by atoms with Gasteiger partial charge >= 0.3 is 0 Å². The lowest BCUT2D eigenvalue weighted by Crippen LogP contribution is -2.17. The number of benzene rings is 1. The molecule has 1 aromatic heterocycles. The Kier molecular flexibility index (Phi) is 7.25. The van der Waals surface area contributed by atoms with Crippen molar-refractivity contribution >= 4 is 29.0 Å². The van der Waals surface area contributed by atoms with Crippen LogP contribution in [0.3, 0.4) is 0 Å². The quantitative estimate of drug-likeness (QED) is 0.489. The molecule has 0 radical (unpaired) electrons. The topological polar surface area (TPSA) is 68.3 Å². The molecule has 1 aliphatic heterocycles. The van der Waals surface area contributed by atoms with E-state index in [4.69, 9.17) is 4.74 Å². The summed E-state index contributed by atoms with van der Waals surface area (Å²) in [5.74, 6) is 0.414. The first-order valence-corrected chi connectivity index (χ1v) is 10.4. The number of thioether (sulfide) groups is 1. The summed E-state index contributed by atoms with van der Waals surface area (Å²) in [6.45, 7) is 2.76. The number of hydrogen-bond donors (Lipinski definition) is 1. The van der Waals surface area contributed by atoms with Crippen molar-refractivity contribution < 1.29 is 14.3 Å². The number of nitrogens with zero attached hydrogens (tertiary/aromatic N) is 1. The maximum Gasteiger partial charge on any atom is 0.290 e. The van der Waals surface area contributed by atoms with Crippen molar-refractivity contribution in [2.24, 2.45) is 0 Å². The summed E-state index contributed by atoms with van der Waals surface area (Å²) in [6, 6.07) is 11.7. The van der Waals surface area contributed by atoms with Gasteiger partial charge in [0.1, 0.15) is 5.75 Å². The Morgan fingerprint density at radius 3 is 2.54 bits per heavy atom.